The highest BCUT2D eigenvalue weighted by Gasteiger charge is 2.18. The molecule has 1 rings (SSSR count). The average Bonchev–Trinajstić information content (AvgIpc) is 2.62. The first-order valence-corrected chi connectivity index (χ1v) is 5.65. The molecule has 0 aliphatic carbocycles. The van der Waals surface area contributed by atoms with Gasteiger partial charge in [0.05, 0.1) is 0 Å². The van der Waals surface area contributed by atoms with Crippen LogP contribution < -0.4 is 5.73 Å². The third-order valence-electron chi connectivity index (χ3n) is 2.56. The van der Waals surface area contributed by atoms with Gasteiger partial charge in [0.1, 0.15) is 12.2 Å². The van der Waals surface area contributed by atoms with Crippen molar-refractivity contribution in [3.63, 3.8) is 0 Å². The van der Waals surface area contributed by atoms with Crippen LogP contribution in [-0.2, 0) is 0 Å². The van der Waals surface area contributed by atoms with Gasteiger partial charge in [-0.25, -0.2) is 0 Å². The smallest absolute Gasteiger partial charge is 0.137 e. The number of rotatable bonds is 5. The van der Waals surface area contributed by atoms with Crippen molar-refractivity contribution in [3.05, 3.63) is 12.2 Å². The van der Waals surface area contributed by atoms with E-state index in [4.69, 9.17) is 5.73 Å². The molecule has 0 fully saturated rings. The van der Waals surface area contributed by atoms with Gasteiger partial charge in [-0.3, -0.25) is 0 Å². The molecule has 4 nitrogen and oxygen atoms in total. The van der Waals surface area contributed by atoms with E-state index in [-0.39, 0.29) is 0 Å². The monoisotopic (exact) mass is 210 g/mol. The molecule has 1 unspecified atom stereocenters. The molecule has 0 aliphatic rings. The number of hydrogen-bond donors (Lipinski definition) is 1. The van der Waals surface area contributed by atoms with E-state index in [1.165, 1.54) is 0 Å². The summed E-state index contributed by atoms with van der Waals surface area (Å²) in [6, 6.07) is 0.399. The van der Waals surface area contributed by atoms with Gasteiger partial charge < -0.3 is 10.3 Å². The minimum absolute atomic E-state index is 0.329. The van der Waals surface area contributed by atoms with Gasteiger partial charge in [0.15, 0.2) is 0 Å². The van der Waals surface area contributed by atoms with Gasteiger partial charge >= 0.3 is 0 Å². The highest BCUT2D eigenvalue weighted by atomic mass is 15.3. The predicted octanol–water partition coefficient (Wildman–Crippen LogP) is 1.95. The van der Waals surface area contributed by atoms with Crippen molar-refractivity contribution in [2.45, 2.75) is 46.1 Å². The normalized spacial score (nSPS) is 13.8. The van der Waals surface area contributed by atoms with E-state index in [1.807, 2.05) is 0 Å². The minimum Gasteiger partial charge on any atom is -0.330 e. The van der Waals surface area contributed by atoms with Crippen molar-refractivity contribution in [2.24, 2.45) is 11.7 Å². The van der Waals surface area contributed by atoms with Crippen molar-refractivity contribution in [2.75, 3.05) is 6.54 Å². The molecule has 1 aromatic heterocycles. The second-order valence-corrected chi connectivity index (χ2v) is 4.75. The fraction of sp³-hybridized carbons (Fsp3) is 0.818. The molecule has 2 N–H and O–H groups in total. The molecular formula is C11H22N4. The fourth-order valence-electron chi connectivity index (χ4n) is 1.82. The molecule has 0 saturated heterocycles. The van der Waals surface area contributed by atoms with Crippen LogP contribution in [0.5, 0.6) is 0 Å². The van der Waals surface area contributed by atoms with E-state index in [2.05, 4.69) is 42.5 Å². The van der Waals surface area contributed by atoms with Crippen LogP contribution in [0.25, 0.3) is 0 Å². The zero-order chi connectivity index (χ0) is 11.4. The molecule has 0 aromatic carbocycles. The summed E-state index contributed by atoms with van der Waals surface area (Å²) in [4.78, 5) is 0. The summed E-state index contributed by atoms with van der Waals surface area (Å²) in [7, 11) is 0. The van der Waals surface area contributed by atoms with Gasteiger partial charge in [-0.05, 0) is 26.2 Å². The van der Waals surface area contributed by atoms with Gasteiger partial charge in [0.25, 0.3) is 0 Å². The Morgan fingerprint density at radius 2 is 2.00 bits per heavy atom. The third kappa shape index (κ3) is 3.02. The zero-order valence-corrected chi connectivity index (χ0v) is 10.1. The van der Waals surface area contributed by atoms with E-state index in [0.717, 1.165) is 12.2 Å². The molecule has 0 bridgehead atoms. The molecule has 0 radical (unpaired) electrons. The summed E-state index contributed by atoms with van der Waals surface area (Å²) in [6.07, 6.45) is 2.87. The lowest BCUT2D eigenvalue weighted by Gasteiger charge is -2.19. The first-order valence-electron chi connectivity index (χ1n) is 5.65. The largest absolute Gasteiger partial charge is 0.330 e. The Morgan fingerprint density at radius 3 is 2.47 bits per heavy atom. The van der Waals surface area contributed by atoms with Crippen molar-refractivity contribution in [1.82, 2.24) is 14.8 Å². The number of aromatic nitrogens is 3. The summed E-state index contributed by atoms with van der Waals surface area (Å²) in [5, 5.41) is 8.17. The Morgan fingerprint density at radius 1 is 1.33 bits per heavy atom. The number of nitrogens with two attached hydrogens (primary N) is 1. The van der Waals surface area contributed by atoms with E-state index in [1.54, 1.807) is 6.33 Å². The van der Waals surface area contributed by atoms with Gasteiger partial charge in [0, 0.05) is 18.5 Å². The van der Waals surface area contributed by atoms with Crippen molar-refractivity contribution in [1.29, 1.82) is 0 Å². The van der Waals surface area contributed by atoms with Crippen LogP contribution in [0.3, 0.4) is 0 Å². The lowest BCUT2D eigenvalue weighted by molar-refractivity contribution is 0.454. The Balaban J connectivity index is 2.86. The zero-order valence-electron chi connectivity index (χ0n) is 10.1. The molecule has 0 saturated carbocycles. The van der Waals surface area contributed by atoms with Gasteiger partial charge in [0.2, 0.25) is 0 Å². The predicted molar refractivity (Wildman–Crippen MR) is 61.7 cm³/mol. The fourth-order valence-corrected chi connectivity index (χ4v) is 1.82. The molecule has 86 valence electrons. The SMILES string of the molecule is CC(C)CC(CN)c1nncn1C(C)C. The van der Waals surface area contributed by atoms with Crippen LogP contribution in [0.2, 0.25) is 0 Å². The van der Waals surface area contributed by atoms with Crippen molar-refractivity contribution in [3.8, 4) is 0 Å². The molecule has 1 atom stereocenters. The van der Waals surface area contributed by atoms with E-state index >= 15 is 0 Å². The highest BCUT2D eigenvalue weighted by molar-refractivity contribution is 4.98. The van der Waals surface area contributed by atoms with E-state index in [9.17, 15) is 0 Å². The quantitative estimate of drug-likeness (QED) is 0.808. The van der Waals surface area contributed by atoms with Gasteiger partial charge in [-0.15, -0.1) is 10.2 Å². The summed E-state index contributed by atoms with van der Waals surface area (Å²) >= 11 is 0. The van der Waals surface area contributed by atoms with Crippen molar-refractivity contribution >= 4 is 0 Å². The Labute approximate surface area is 91.9 Å². The molecule has 0 aliphatic heterocycles. The number of nitrogens with zero attached hydrogens (tertiary/aromatic N) is 3. The topological polar surface area (TPSA) is 56.7 Å². The summed E-state index contributed by atoms with van der Waals surface area (Å²) in [6.45, 7) is 9.33. The maximum absolute atomic E-state index is 5.80. The highest BCUT2D eigenvalue weighted by Crippen LogP contribution is 2.22. The molecule has 1 heterocycles. The lowest BCUT2D eigenvalue weighted by atomic mass is 9.96. The van der Waals surface area contributed by atoms with Crippen molar-refractivity contribution < 1.29 is 0 Å². The Bertz CT molecular complexity index is 291. The molecule has 1 aromatic rings. The second kappa shape index (κ2) is 5.26. The van der Waals surface area contributed by atoms with E-state index < -0.39 is 0 Å². The maximum Gasteiger partial charge on any atom is 0.137 e. The van der Waals surface area contributed by atoms with Crippen LogP contribution >= 0.6 is 0 Å². The third-order valence-corrected chi connectivity index (χ3v) is 2.56. The molecular weight excluding hydrogens is 188 g/mol. The standard InChI is InChI=1S/C11H22N4/c1-8(2)5-10(6-12)11-14-13-7-15(11)9(3)4/h7-10H,5-6,12H2,1-4H3. The lowest BCUT2D eigenvalue weighted by Crippen LogP contribution is -2.19. The molecule has 0 spiro atoms. The average molecular weight is 210 g/mol. The maximum atomic E-state index is 5.80. The van der Waals surface area contributed by atoms with Gasteiger partial charge in [-0.1, -0.05) is 13.8 Å². The van der Waals surface area contributed by atoms with Crippen LogP contribution in [0.1, 0.15) is 51.9 Å². The summed E-state index contributed by atoms with van der Waals surface area (Å²) < 4.78 is 2.11. The molecule has 0 amide bonds. The minimum atomic E-state index is 0.329. The van der Waals surface area contributed by atoms with Crippen LogP contribution in [0.15, 0.2) is 6.33 Å². The first-order chi connectivity index (χ1) is 7.06. The summed E-state index contributed by atoms with van der Waals surface area (Å²) in [5.41, 5.74) is 5.80. The van der Waals surface area contributed by atoms with Crippen LogP contribution in [-0.4, -0.2) is 21.3 Å². The first kappa shape index (κ1) is 12.2. The summed E-state index contributed by atoms with van der Waals surface area (Å²) in [5.74, 6) is 1.99. The van der Waals surface area contributed by atoms with E-state index in [0.29, 0.717) is 24.4 Å². The van der Waals surface area contributed by atoms with Gasteiger partial charge in [-0.2, -0.15) is 0 Å². The van der Waals surface area contributed by atoms with Crippen LogP contribution in [0.4, 0.5) is 0 Å². The molecule has 4 heteroatoms. The Kier molecular flexibility index (Phi) is 4.27. The Hall–Kier alpha value is -0.900. The number of hydrogen-bond acceptors (Lipinski definition) is 3. The molecule has 15 heavy (non-hydrogen) atoms. The second-order valence-electron chi connectivity index (χ2n) is 4.75. The van der Waals surface area contributed by atoms with Crippen LogP contribution in [0, 0.1) is 5.92 Å².